The molecule has 0 unspecified atom stereocenters. The predicted octanol–water partition coefficient (Wildman–Crippen LogP) is 1.58. The number of rotatable bonds is 17. The molecule has 3 heterocycles. The van der Waals surface area contributed by atoms with E-state index in [-0.39, 0.29) is 62.2 Å². The lowest BCUT2D eigenvalue weighted by Crippen LogP contribution is -2.46. The number of carbonyl (C=O) groups is 6. The second-order valence-electron chi connectivity index (χ2n) is 13.9. The van der Waals surface area contributed by atoms with Gasteiger partial charge in [-0.1, -0.05) is 41.6 Å². The molecular formula is C40H46N8O9. The molecule has 2 fully saturated rings. The van der Waals surface area contributed by atoms with Crippen LogP contribution in [0.5, 0.6) is 0 Å². The van der Waals surface area contributed by atoms with Gasteiger partial charge in [-0.3, -0.25) is 24.0 Å². The summed E-state index contributed by atoms with van der Waals surface area (Å²) >= 11 is 0. The zero-order valence-corrected chi connectivity index (χ0v) is 31.4. The molecule has 3 atom stereocenters. The Morgan fingerprint density at radius 1 is 0.947 bits per heavy atom. The zero-order valence-electron chi connectivity index (χ0n) is 31.4. The molecule has 300 valence electrons. The van der Waals surface area contributed by atoms with Gasteiger partial charge in [-0.2, -0.15) is 0 Å². The maximum absolute atomic E-state index is 13.4. The van der Waals surface area contributed by atoms with Crippen molar-refractivity contribution in [3.8, 4) is 0 Å². The van der Waals surface area contributed by atoms with E-state index in [2.05, 4.69) is 15.8 Å². The largest absolute Gasteiger partial charge is 0.478 e. The van der Waals surface area contributed by atoms with Crippen molar-refractivity contribution in [3.05, 3.63) is 106 Å². The number of nitrogens with two attached hydrogens (primary N) is 2. The SMILES string of the molecule is Cc1cc(CC(=O)N2C[C@H](OCC(N)=CC(=O)CC(=O)N3CCC[C@H]3C(=O)NCc3ccc(/C(C=N)=C/N)cc3)C[C@H]2C(=O)NCc2ccc(C(=O)O)cc2)on1. The number of aromatic nitrogens is 1. The fourth-order valence-electron chi connectivity index (χ4n) is 6.72. The molecule has 57 heavy (non-hydrogen) atoms. The molecular weight excluding hydrogens is 736 g/mol. The van der Waals surface area contributed by atoms with E-state index in [1.807, 2.05) is 12.1 Å². The van der Waals surface area contributed by atoms with Gasteiger partial charge in [0.05, 0.1) is 36.8 Å². The number of amides is 4. The van der Waals surface area contributed by atoms with Crippen molar-refractivity contribution in [3.63, 3.8) is 0 Å². The molecule has 2 aromatic carbocycles. The average Bonchev–Trinajstić information content (AvgIpc) is 3.96. The second kappa shape index (κ2) is 19.3. The number of ketones is 1. The highest BCUT2D eigenvalue weighted by atomic mass is 16.5. The van der Waals surface area contributed by atoms with Gasteiger partial charge in [0.1, 0.15) is 17.8 Å². The lowest BCUT2D eigenvalue weighted by Gasteiger charge is -2.23. The molecule has 8 N–H and O–H groups in total. The number of hydrogen-bond donors (Lipinski definition) is 6. The first-order chi connectivity index (χ1) is 27.3. The van der Waals surface area contributed by atoms with E-state index >= 15 is 0 Å². The smallest absolute Gasteiger partial charge is 0.335 e. The highest BCUT2D eigenvalue weighted by molar-refractivity contribution is 6.08. The topological polar surface area (TPSA) is 264 Å². The Labute approximate surface area is 328 Å². The van der Waals surface area contributed by atoms with E-state index < -0.39 is 48.2 Å². The van der Waals surface area contributed by atoms with Crippen LogP contribution in [0.2, 0.25) is 0 Å². The van der Waals surface area contributed by atoms with Gasteiger partial charge in [-0.05, 0) is 48.6 Å². The molecule has 0 bridgehead atoms. The van der Waals surface area contributed by atoms with Crippen LogP contribution in [0.15, 0.2) is 77.1 Å². The van der Waals surface area contributed by atoms with Crippen LogP contribution in [0.4, 0.5) is 0 Å². The van der Waals surface area contributed by atoms with Crippen LogP contribution >= 0.6 is 0 Å². The average molecular weight is 783 g/mol. The number of benzene rings is 2. The van der Waals surface area contributed by atoms with Crippen LogP contribution in [0.25, 0.3) is 5.57 Å². The lowest BCUT2D eigenvalue weighted by molar-refractivity contribution is -0.140. The Hall–Kier alpha value is -6.62. The van der Waals surface area contributed by atoms with Crippen LogP contribution < -0.4 is 22.1 Å². The van der Waals surface area contributed by atoms with E-state index in [1.165, 1.54) is 28.1 Å². The molecule has 0 aliphatic carbocycles. The van der Waals surface area contributed by atoms with Crippen LogP contribution in [0.3, 0.4) is 0 Å². The van der Waals surface area contributed by atoms with E-state index in [0.29, 0.717) is 42.0 Å². The molecule has 5 rings (SSSR count). The number of carbonyl (C=O) groups excluding carboxylic acids is 5. The molecule has 3 aromatic rings. The number of aromatic carboxylic acids is 1. The first-order valence-corrected chi connectivity index (χ1v) is 18.4. The fraction of sp³-hybridized carbons (Fsp3) is 0.350. The first-order valence-electron chi connectivity index (χ1n) is 18.4. The van der Waals surface area contributed by atoms with Crippen LogP contribution in [0.1, 0.15) is 64.2 Å². The van der Waals surface area contributed by atoms with Gasteiger partial charge in [0, 0.05) is 68.4 Å². The van der Waals surface area contributed by atoms with Gasteiger partial charge in [-0.15, -0.1) is 0 Å². The Bertz CT molecular complexity index is 2040. The predicted molar refractivity (Wildman–Crippen MR) is 206 cm³/mol. The van der Waals surface area contributed by atoms with Crippen molar-refractivity contribution in [1.29, 1.82) is 5.41 Å². The number of hydrogen-bond acceptors (Lipinski definition) is 12. The van der Waals surface area contributed by atoms with Crippen molar-refractivity contribution in [2.75, 3.05) is 19.7 Å². The molecule has 0 spiro atoms. The number of carboxylic acids is 1. The molecule has 17 heteroatoms. The van der Waals surface area contributed by atoms with Crippen molar-refractivity contribution in [2.45, 2.75) is 70.3 Å². The summed E-state index contributed by atoms with van der Waals surface area (Å²) in [6.45, 7) is 2.22. The van der Waals surface area contributed by atoms with Crippen LogP contribution in [-0.2, 0) is 48.2 Å². The summed E-state index contributed by atoms with van der Waals surface area (Å²) in [7, 11) is 0. The van der Waals surface area contributed by atoms with Crippen molar-refractivity contribution in [1.82, 2.24) is 25.6 Å². The minimum absolute atomic E-state index is 0.0388. The molecule has 17 nitrogen and oxygen atoms in total. The quantitative estimate of drug-likeness (QED) is 0.0648. The second-order valence-corrected chi connectivity index (χ2v) is 13.9. The summed E-state index contributed by atoms with van der Waals surface area (Å²) < 4.78 is 11.1. The highest BCUT2D eigenvalue weighted by Gasteiger charge is 2.40. The number of aryl methyl sites for hydroxylation is 1. The minimum atomic E-state index is -1.07. The van der Waals surface area contributed by atoms with Gasteiger partial charge < -0.3 is 51.7 Å². The molecule has 2 aliphatic rings. The third-order valence-electron chi connectivity index (χ3n) is 9.68. The monoisotopic (exact) mass is 782 g/mol. The number of nitrogens with one attached hydrogen (secondary N) is 3. The third-order valence-corrected chi connectivity index (χ3v) is 9.68. The van der Waals surface area contributed by atoms with Crippen LogP contribution in [-0.4, -0.2) is 99.5 Å². The summed E-state index contributed by atoms with van der Waals surface area (Å²) in [5, 5.41) is 26.1. The van der Waals surface area contributed by atoms with E-state index in [4.69, 9.17) is 31.2 Å². The van der Waals surface area contributed by atoms with Crippen molar-refractivity contribution in [2.24, 2.45) is 11.5 Å². The van der Waals surface area contributed by atoms with E-state index in [9.17, 15) is 28.8 Å². The maximum atomic E-state index is 13.4. The van der Waals surface area contributed by atoms with Crippen LogP contribution in [0, 0.1) is 12.3 Å². The third kappa shape index (κ3) is 11.2. The Morgan fingerprint density at radius 2 is 1.58 bits per heavy atom. The van der Waals surface area contributed by atoms with E-state index in [1.54, 1.807) is 37.3 Å². The summed E-state index contributed by atoms with van der Waals surface area (Å²) in [6.07, 6.45) is 3.55. The number of allylic oxidation sites excluding steroid dienone is 2. The number of likely N-dealkylation sites (tertiary alicyclic amines) is 2. The summed E-state index contributed by atoms with van der Waals surface area (Å²) in [5.41, 5.74) is 15.2. The molecule has 2 aliphatic heterocycles. The molecule has 4 amide bonds. The highest BCUT2D eigenvalue weighted by Crippen LogP contribution is 2.24. The van der Waals surface area contributed by atoms with Gasteiger partial charge in [0.25, 0.3) is 0 Å². The Balaban J connectivity index is 1.12. The van der Waals surface area contributed by atoms with Crippen molar-refractivity contribution >= 4 is 47.2 Å². The normalized spacial score (nSPS) is 18.3. The van der Waals surface area contributed by atoms with E-state index in [0.717, 1.165) is 23.4 Å². The molecule has 1 aromatic heterocycles. The molecule has 0 radical (unpaired) electrons. The van der Waals surface area contributed by atoms with Gasteiger partial charge >= 0.3 is 5.97 Å². The Kier molecular flexibility index (Phi) is 14.1. The minimum Gasteiger partial charge on any atom is -0.478 e. The van der Waals surface area contributed by atoms with Crippen molar-refractivity contribution < 1.29 is 43.1 Å². The Morgan fingerprint density at radius 3 is 2.16 bits per heavy atom. The maximum Gasteiger partial charge on any atom is 0.335 e. The van der Waals surface area contributed by atoms with Gasteiger partial charge in [-0.25, -0.2) is 4.79 Å². The molecule has 2 saturated heterocycles. The summed E-state index contributed by atoms with van der Waals surface area (Å²) in [6, 6.07) is 13.3. The lowest BCUT2D eigenvalue weighted by atomic mass is 10.1. The molecule has 0 saturated carbocycles. The number of carboxylic acid groups (broad SMARTS) is 1. The van der Waals surface area contributed by atoms with Gasteiger partial charge in [0.15, 0.2) is 5.78 Å². The fourth-order valence-corrected chi connectivity index (χ4v) is 6.72. The first kappa shape index (κ1) is 41.5. The number of nitrogens with zero attached hydrogens (tertiary/aromatic N) is 3. The standard InChI is InChI=1S/C40H46N8O9/c1-24-13-32(57-46-24)17-37(51)48-22-33(16-35(48)39(53)45-21-26-6-10-28(11-7-26)40(54)55)56-23-30(43)14-31(49)15-36(50)47-12-2-3-34(47)38(52)44-20-25-4-8-27(9-5-25)29(18-41)19-42/h4-11,13-14,18-19,33-35,41H,2-3,12,15-17,20-23,42-43H2,1H3,(H,44,52)(H,45,53)(H,54,55)/b29-19+,30-14?,41-18?/t33-,34+,35+/m1/s1. The zero-order chi connectivity index (χ0) is 41.1. The summed E-state index contributed by atoms with van der Waals surface area (Å²) in [4.78, 5) is 79.8. The summed E-state index contributed by atoms with van der Waals surface area (Å²) in [5.74, 6) is -2.96. The van der Waals surface area contributed by atoms with Gasteiger partial charge in [0.2, 0.25) is 23.6 Å². The number of ether oxygens (including phenoxy) is 1.